The van der Waals surface area contributed by atoms with Crippen molar-refractivity contribution in [1.82, 2.24) is 4.98 Å². The van der Waals surface area contributed by atoms with E-state index < -0.39 is 0 Å². The molecule has 0 amide bonds. The average molecular weight is 448 g/mol. The summed E-state index contributed by atoms with van der Waals surface area (Å²) < 4.78 is 10.5. The predicted molar refractivity (Wildman–Crippen MR) is 137 cm³/mol. The number of nitriles is 1. The first-order valence-corrected chi connectivity index (χ1v) is 10.9. The molecule has 0 bridgehead atoms. The summed E-state index contributed by atoms with van der Waals surface area (Å²) in [6, 6.07) is 29.9. The van der Waals surface area contributed by atoms with Crippen molar-refractivity contribution in [3.8, 4) is 28.7 Å². The van der Waals surface area contributed by atoms with Gasteiger partial charge < -0.3 is 14.8 Å². The number of anilines is 1. The summed E-state index contributed by atoms with van der Waals surface area (Å²) in [6.45, 7) is 0.557. The number of methoxy groups -OCH3 is 2. The van der Waals surface area contributed by atoms with Gasteiger partial charge in [0.2, 0.25) is 0 Å². The highest BCUT2D eigenvalue weighted by atomic mass is 16.5. The lowest BCUT2D eigenvalue weighted by Gasteiger charge is -2.09. The van der Waals surface area contributed by atoms with Gasteiger partial charge in [-0.25, -0.2) is 4.98 Å². The zero-order chi connectivity index (χ0) is 23.8. The smallest absolute Gasteiger partial charge is 0.144 e. The van der Waals surface area contributed by atoms with Gasteiger partial charge in [-0.15, -0.1) is 0 Å². The largest absolute Gasteiger partial charge is 0.497 e. The van der Waals surface area contributed by atoms with Crippen LogP contribution < -0.4 is 14.8 Å². The maximum atomic E-state index is 9.49. The van der Waals surface area contributed by atoms with Crippen LogP contribution in [0.1, 0.15) is 22.4 Å². The Balaban J connectivity index is 1.51. The van der Waals surface area contributed by atoms with Crippen molar-refractivity contribution in [2.45, 2.75) is 6.54 Å². The lowest BCUT2D eigenvalue weighted by Crippen LogP contribution is -2.04. The Bertz CT molecular complexity index is 1340. The highest BCUT2D eigenvalue weighted by molar-refractivity contribution is 5.74. The van der Waals surface area contributed by atoms with Gasteiger partial charge in [-0.1, -0.05) is 48.5 Å². The van der Waals surface area contributed by atoms with E-state index in [2.05, 4.69) is 34.6 Å². The number of ether oxygens (including phenoxy) is 2. The van der Waals surface area contributed by atoms with Crippen LogP contribution in [0.3, 0.4) is 0 Å². The maximum absolute atomic E-state index is 9.49. The molecule has 4 rings (SSSR count). The molecule has 1 aromatic heterocycles. The molecule has 0 aliphatic heterocycles. The molecule has 0 aliphatic rings. The van der Waals surface area contributed by atoms with Gasteiger partial charge in [0.1, 0.15) is 23.4 Å². The number of hydrogen-bond donors (Lipinski definition) is 1. The van der Waals surface area contributed by atoms with E-state index in [1.807, 2.05) is 72.8 Å². The third-order valence-corrected chi connectivity index (χ3v) is 5.39. The summed E-state index contributed by atoms with van der Waals surface area (Å²) >= 11 is 0. The standard InChI is InChI=1S/C29H25N3O2/c1-33-27-15-10-22(11-16-27)20-31-29-25(19-30)12-14-26(32-29)13-9-21-5-3-6-23(17-21)24-7-4-8-28(18-24)34-2/h3-18H,20H2,1-2H3,(H,31,32)/b13-9+. The summed E-state index contributed by atoms with van der Waals surface area (Å²) in [5, 5.41) is 12.8. The quantitative estimate of drug-likeness (QED) is 0.338. The third-order valence-electron chi connectivity index (χ3n) is 5.39. The topological polar surface area (TPSA) is 67.2 Å². The van der Waals surface area contributed by atoms with E-state index in [-0.39, 0.29) is 0 Å². The molecule has 0 unspecified atom stereocenters. The van der Waals surface area contributed by atoms with Gasteiger partial charge in [0, 0.05) is 6.54 Å². The maximum Gasteiger partial charge on any atom is 0.144 e. The van der Waals surface area contributed by atoms with Crippen LogP contribution in [0.2, 0.25) is 0 Å². The van der Waals surface area contributed by atoms with Gasteiger partial charge in [0.15, 0.2) is 0 Å². The molecule has 5 heteroatoms. The van der Waals surface area contributed by atoms with Crippen LogP contribution >= 0.6 is 0 Å². The van der Waals surface area contributed by atoms with Crippen LogP contribution in [0.5, 0.6) is 11.5 Å². The Morgan fingerprint density at radius 2 is 1.56 bits per heavy atom. The zero-order valence-electron chi connectivity index (χ0n) is 19.2. The summed E-state index contributed by atoms with van der Waals surface area (Å²) in [6.07, 6.45) is 3.97. The second-order valence-electron chi connectivity index (χ2n) is 7.64. The number of pyridine rings is 1. The van der Waals surface area contributed by atoms with Crippen molar-refractivity contribution in [3.05, 3.63) is 107 Å². The predicted octanol–water partition coefficient (Wildman–Crippen LogP) is 6.42. The molecule has 3 aromatic carbocycles. The number of nitrogens with one attached hydrogen (secondary N) is 1. The van der Waals surface area contributed by atoms with Gasteiger partial charge in [0.25, 0.3) is 0 Å². The van der Waals surface area contributed by atoms with Gasteiger partial charge in [-0.2, -0.15) is 5.26 Å². The lowest BCUT2D eigenvalue weighted by atomic mass is 10.0. The average Bonchev–Trinajstić information content (AvgIpc) is 2.91. The summed E-state index contributed by atoms with van der Waals surface area (Å²) in [5.74, 6) is 2.20. The van der Waals surface area contributed by atoms with Crippen molar-refractivity contribution in [2.24, 2.45) is 0 Å². The van der Waals surface area contributed by atoms with E-state index >= 15 is 0 Å². The number of hydrogen-bond acceptors (Lipinski definition) is 5. The number of nitrogens with zero attached hydrogens (tertiary/aromatic N) is 2. The molecule has 34 heavy (non-hydrogen) atoms. The molecule has 0 aliphatic carbocycles. The van der Waals surface area contributed by atoms with Crippen LogP contribution in [0.4, 0.5) is 5.82 Å². The normalized spacial score (nSPS) is 10.6. The van der Waals surface area contributed by atoms with E-state index in [4.69, 9.17) is 9.47 Å². The van der Waals surface area contributed by atoms with E-state index in [1.165, 1.54) is 0 Å². The molecule has 1 N–H and O–H groups in total. The van der Waals surface area contributed by atoms with Crippen molar-refractivity contribution in [3.63, 3.8) is 0 Å². The monoisotopic (exact) mass is 447 g/mol. The molecule has 0 saturated heterocycles. The summed E-state index contributed by atoms with van der Waals surface area (Å²) in [7, 11) is 3.31. The van der Waals surface area contributed by atoms with E-state index in [1.54, 1.807) is 20.3 Å². The van der Waals surface area contributed by atoms with Gasteiger partial charge in [-0.05, 0) is 70.8 Å². The molecule has 0 saturated carbocycles. The van der Waals surface area contributed by atoms with Crippen LogP contribution in [-0.2, 0) is 6.54 Å². The molecular formula is C29H25N3O2. The highest BCUT2D eigenvalue weighted by Gasteiger charge is 2.05. The summed E-state index contributed by atoms with van der Waals surface area (Å²) in [4.78, 5) is 4.65. The Kier molecular flexibility index (Phi) is 7.22. The lowest BCUT2D eigenvalue weighted by molar-refractivity contribution is 0.414. The van der Waals surface area contributed by atoms with E-state index in [0.29, 0.717) is 17.9 Å². The van der Waals surface area contributed by atoms with Crippen molar-refractivity contribution >= 4 is 18.0 Å². The van der Waals surface area contributed by atoms with E-state index in [9.17, 15) is 5.26 Å². The van der Waals surface area contributed by atoms with Crippen molar-refractivity contribution in [1.29, 1.82) is 5.26 Å². The van der Waals surface area contributed by atoms with Crippen LogP contribution in [-0.4, -0.2) is 19.2 Å². The Morgan fingerprint density at radius 1 is 0.824 bits per heavy atom. The SMILES string of the molecule is COc1ccc(CNc2nc(/C=C/c3cccc(-c4cccc(OC)c4)c3)ccc2C#N)cc1. The van der Waals surface area contributed by atoms with Gasteiger partial charge in [0.05, 0.1) is 25.5 Å². The second-order valence-corrected chi connectivity index (χ2v) is 7.64. The van der Waals surface area contributed by atoms with Gasteiger partial charge >= 0.3 is 0 Å². The van der Waals surface area contributed by atoms with Crippen LogP contribution in [0.25, 0.3) is 23.3 Å². The third kappa shape index (κ3) is 5.62. The fraction of sp³-hybridized carbons (Fsp3) is 0.103. The minimum atomic E-state index is 0.505. The number of rotatable bonds is 8. The molecule has 0 radical (unpaired) electrons. The molecule has 4 aromatic rings. The van der Waals surface area contributed by atoms with Crippen molar-refractivity contribution in [2.75, 3.05) is 19.5 Å². The molecule has 0 atom stereocenters. The van der Waals surface area contributed by atoms with Crippen molar-refractivity contribution < 1.29 is 9.47 Å². The zero-order valence-corrected chi connectivity index (χ0v) is 19.2. The Hall–Kier alpha value is -4.56. The molecule has 168 valence electrons. The highest BCUT2D eigenvalue weighted by Crippen LogP contribution is 2.25. The van der Waals surface area contributed by atoms with E-state index in [0.717, 1.165) is 39.4 Å². The van der Waals surface area contributed by atoms with Crippen LogP contribution in [0.15, 0.2) is 84.9 Å². The summed E-state index contributed by atoms with van der Waals surface area (Å²) in [5.41, 5.74) is 5.60. The molecular weight excluding hydrogens is 422 g/mol. The minimum absolute atomic E-state index is 0.505. The molecule has 0 spiro atoms. The number of benzene rings is 3. The molecule has 0 fully saturated rings. The fourth-order valence-corrected chi connectivity index (χ4v) is 3.53. The first-order chi connectivity index (χ1) is 16.7. The minimum Gasteiger partial charge on any atom is -0.497 e. The first kappa shape index (κ1) is 22.6. The first-order valence-electron chi connectivity index (χ1n) is 10.9. The molecule has 1 heterocycles. The Labute approximate surface area is 199 Å². The Morgan fingerprint density at radius 3 is 2.29 bits per heavy atom. The number of aromatic nitrogens is 1. The van der Waals surface area contributed by atoms with Crippen LogP contribution in [0, 0.1) is 11.3 Å². The fourth-order valence-electron chi connectivity index (χ4n) is 3.53. The second kappa shape index (κ2) is 10.8. The van der Waals surface area contributed by atoms with Gasteiger partial charge in [-0.3, -0.25) is 0 Å². The molecule has 5 nitrogen and oxygen atoms in total.